The highest BCUT2D eigenvalue weighted by Crippen LogP contribution is 2.25. The van der Waals surface area contributed by atoms with Crippen LogP contribution in [0.3, 0.4) is 0 Å². The number of hydrogen-bond acceptors (Lipinski definition) is 5. The number of carbonyl (C=O) groups excluding carboxylic acids is 1. The average molecular weight is 296 g/mol. The van der Waals surface area contributed by atoms with Gasteiger partial charge in [-0.25, -0.2) is 0 Å². The molecule has 0 heterocycles. The van der Waals surface area contributed by atoms with Crippen molar-refractivity contribution in [3.8, 4) is 6.07 Å². The third kappa shape index (κ3) is 3.58. The second kappa shape index (κ2) is 6.37. The van der Waals surface area contributed by atoms with Crippen molar-refractivity contribution in [1.82, 2.24) is 0 Å². The third-order valence-corrected chi connectivity index (χ3v) is 2.82. The molecule has 2 N–H and O–H groups in total. The molecule has 0 aromatic heterocycles. The molecule has 1 amide bonds. The van der Waals surface area contributed by atoms with Crippen LogP contribution in [-0.2, 0) is 4.79 Å². The average Bonchev–Trinajstić information content (AvgIpc) is 2.49. The fourth-order valence-corrected chi connectivity index (χ4v) is 1.84. The Labute approximate surface area is 126 Å². The topological polar surface area (TPSA) is 108 Å². The van der Waals surface area contributed by atoms with Gasteiger partial charge in [-0.15, -0.1) is 0 Å². The minimum absolute atomic E-state index is 0.136. The summed E-state index contributed by atoms with van der Waals surface area (Å²) in [6.07, 6.45) is 0. The Hall–Kier alpha value is -3.40. The molecule has 2 aromatic carbocycles. The molecule has 22 heavy (non-hydrogen) atoms. The lowest BCUT2D eigenvalue weighted by atomic mass is 10.1. The van der Waals surface area contributed by atoms with Crippen molar-refractivity contribution < 1.29 is 9.72 Å². The second-order valence-corrected chi connectivity index (χ2v) is 4.48. The molecule has 2 rings (SSSR count). The number of benzene rings is 2. The lowest BCUT2D eigenvalue weighted by Crippen LogP contribution is -2.05. The van der Waals surface area contributed by atoms with Crippen LogP contribution in [0, 0.1) is 21.4 Å². The zero-order valence-electron chi connectivity index (χ0n) is 11.7. The van der Waals surface area contributed by atoms with E-state index < -0.39 is 4.92 Å². The molecule has 0 saturated heterocycles. The highest BCUT2D eigenvalue weighted by Gasteiger charge is 2.10. The van der Waals surface area contributed by atoms with Gasteiger partial charge in [0.1, 0.15) is 6.07 Å². The second-order valence-electron chi connectivity index (χ2n) is 4.48. The number of nitro groups is 1. The number of carbonyl (C=O) groups is 1. The normalized spacial score (nSPS) is 9.64. The first-order chi connectivity index (χ1) is 10.5. The molecular formula is C15H12N4O3. The van der Waals surface area contributed by atoms with E-state index in [1.54, 1.807) is 24.3 Å². The highest BCUT2D eigenvalue weighted by atomic mass is 16.6. The van der Waals surface area contributed by atoms with Crippen LogP contribution in [0.15, 0.2) is 42.5 Å². The Balaban J connectivity index is 2.22. The zero-order valence-corrected chi connectivity index (χ0v) is 11.7. The van der Waals surface area contributed by atoms with E-state index >= 15 is 0 Å². The summed E-state index contributed by atoms with van der Waals surface area (Å²) in [5.41, 5.74) is 1.87. The zero-order chi connectivity index (χ0) is 16.1. The predicted molar refractivity (Wildman–Crippen MR) is 81.8 cm³/mol. The number of anilines is 3. The van der Waals surface area contributed by atoms with Gasteiger partial charge in [0.25, 0.3) is 5.69 Å². The lowest BCUT2D eigenvalue weighted by Gasteiger charge is -2.09. The number of hydrogen-bond donors (Lipinski definition) is 2. The Morgan fingerprint density at radius 3 is 2.36 bits per heavy atom. The van der Waals surface area contributed by atoms with E-state index in [1.807, 2.05) is 6.07 Å². The Morgan fingerprint density at radius 1 is 1.18 bits per heavy atom. The van der Waals surface area contributed by atoms with E-state index in [9.17, 15) is 14.9 Å². The van der Waals surface area contributed by atoms with Crippen LogP contribution < -0.4 is 10.6 Å². The van der Waals surface area contributed by atoms with Gasteiger partial charge in [-0.1, -0.05) is 0 Å². The van der Waals surface area contributed by atoms with Gasteiger partial charge in [0.2, 0.25) is 5.91 Å². The number of nitrogens with zero attached hydrogens (tertiary/aromatic N) is 2. The molecule has 0 bridgehead atoms. The van der Waals surface area contributed by atoms with E-state index in [4.69, 9.17) is 5.26 Å². The molecule has 0 aliphatic carbocycles. The predicted octanol–water partition coefficient (Wildman–Crippen LogP) is 3.17. The molecule has 7 nitrogen and oxygen atoms in total. The highest BCUT2D eigenvalue weighted by molar-refractivity contribution is 5.88. The van der Waals surface area contributed by atoms with Crippen molar-refractivity contribution in [3.05, 3.63) is 58.1 Å². The van der Waals surface area contributed by atoms with Gasteiger partial charge in [0.05, 0.1) is 16.2 Å². The molecule has 7 heteroatoms. The molecule has 0 fully saturated rings. The number of nitrogens with one attached hydrogen (secondary N) is 2. The summed E-state index contributed by atoms with van der Waals surface area (Å²) >= 11 is 0. The largest absolute Gasteiger partial charge is 0.354 e. The fraction of sp³-hybridized carbons (Fsp3) is 0.0667. The molecule has 0 atom stereocenters. The standard InChI is InChI=1S/C15H12N4O3/c1-10(20)17-12-2-4-13(5-3-12)18-15-7-6-14(19(21)22)8-11(15)9-16/h2-8,18H,1H3,(H,17,20). The third-order valence-electron chi connectivity index (χ3n) is 2.82. The first kappa shape index (κ1) is 15.0. The Bertz CT molecular complexity index is 763. The van der Waals surface area contributed by atoms with Gasteiger partial charge in [-0.05, 0) is 30.3 Å². The molecule has 0 aliphatic heterocycles. The van der Waals surface area contributed by atoms with Crippen molar-refractivity contribution in [2.75, 3.05) is 10.6 Å². The monoisotopic (exact) mass is 296 g/mol. The lowest BCUT2D eigenvalue weighted by molar-refractivity contribution is -0.384. The van der Waals surface area contributed by atoms with E-state index in [0.717, 1.165) is 0 Å². The molecule has 0 unspecified atom stereocenters. The summed E-state index contributed by atoms with van der Waals surface area (Å²) in [5.74, 6) is -0.164. The summed E-state index contributed by atoms with van der Waals surface area (Å²) in [7, 11) is 0. The minimum Gasteiger partial charge on any atom is -0.354 e. The van der Waals surface area contributed by atoms with E-state index in [-0.39, 0.29) is 17.2 Å². The smallest absolute Gasteiger partial charge is 0.270 e. The maximum Gasteiger partial charge on any atom is 0.270 e. The summed E-state index contributed by atoms with van der Waals surface area (Å²) in [4.78, 5) is 21.1. The number of nitriles is 1. The first-order valence-electron chi connectivity index (χ1n) is 6.33. The van der Waals surface area contributed by atoms with Crippen molar-refractivity contribution in [2.24, 2.45) is 0 Å². The Kier molecular flexibility index (Phi) is 4.34. The molecule has 110 valence electrons. The van der Waals surface area contributed by atoms with Gasteiger partial charge in [-0.2, -0.15) is 5.26 Å². The summed E-state index contributed by atoms with van der Waals surface area (Å²) in [5, 5.41) is 25.4. The van der Waals surface area contributed by atoms with Crippen LogP contribution >= 0.6 is 0 Å². The summed E-state index contributed by atoms with van der Waals surface area (Å²) in [6.45, 7) is 1.42. The minimum atomic E-state index is -0.549. The SMILES string of the molecule is CC(=O)Nc1ccc(Nc2ccc([N+](=O)[O-])cc2C#N)cc1. The first-order valence-corrected chi connectivity index (χ1v) is 6.33. The molecular weight excluding hydrogens is 284 g/mol. The van der Waals surface area contributed by atoms with Crippen LogP contribution in [0.25, 0.3) is 0 Å². The van der Waals surface area contributed by atoms with Crippen molar-refractivity contribution in [1.29, 1.82) is 5.26 Å². The quantitative estimate of drug-likeness (QED) is 0.665. The number of non-ortho nitro benzene ring substituents is 1. The Morgan fingerprint density at radius 2 is 1.82 bits per heavy atom. The number of rotatable bonds is 4. The summed E-state index contributed by atoms with van der Waals surface area (Å²) in [6, 6.07) is 12.8. The van der Waals surface area contributed by atoms with E-state index in [1.165, 1.54) is 25.1 Å². The van der Waals surface area contributed by atoms with E-state index in [0.29, 0.717) is 17.1 Å². The van der Waals surface area contributed by atoms with Gasteiger partial charge in [0, 0.05) is 30.4 Å². The van der Waals surface area contributed by atoms with Crippen LogP contribution in [0.2, 0.25) is 0 Å². The molecule has 0 saturated carbocycles. The van der Waals surface area contributed by atoms with Gasteiger partial charge in [0.15, 0.2) is 0 Å². The molecule has 0 radical (unpaired) electrons. The van der Waals surface area contributed by atoms with E-state index in [2.05, 4.69) is 10.6 Å². The maximum atomic E-state index is 10.9. The van der Waals surface area contributed by atoms with Crippen molar-refractivity contribution >= 4 is 28.7 Å². The van der Waals surface area contributed by atoms with Crippen LogP contribution in [0.5, 0.6) is 0 Å². The van der Waals surface area contributed by atoms with Crippen LogP contribution in [0.4, 0.5) is 22.7 Å². The number of nitro benzene ring substituents is 1. The number of amides is 1. The molecule has 2 aromatic rings. The molecule has 0 aliphatic rings. The van der Waals surface area contributed by atoms with Crippen molar-refractivity contribution in [2.45, 2.75) is 6.92 Å². The summed E-state index contributed by atoms with van der Waals surface area (Å²) < 4.78 is 0. The van der Waals surface area contributed by atoms with Crippen LogP contribution in [0.1, 0.15) is 12.5 Å². The van der Waals surface area contributed by atoms with Gasteiger partial charge in [-0.3, -0.25) is 14.9 Å². The van der Waals surface area contributed by atoms with Gasteiger partial charge >= 0.3 is 0 Å². The van der Waals surface area contributed by atoms with Crippen molar-refractivity contribution in [3.63, 3.8) is 0 Å². The maximum absolute atomic E-state index is 10.9. The molecule has 0 spiro atoms. The fourth-order valence-electron chi connectivity index (χ4n) is 1.84. The van der Waals surface area contributed by atoms with Crippen LogP contribution in [-0.4, -0.2) is 10.8 Å². The van der Waals surface area contributed by atoms with Gasteiger partial charge < -0.3 is 10.6 Å².